The van der Waals surface area contributed by atoms with Crippen molar-refractivity contribution in [3.8, 4) is 5.75 Å². The lowest BCUT2D eigenvalue weighted by Crippen LogP contribution is -2.50. The van der Waals surface area contributed by atoms with E-state index in [0.717, 1.165) is 4.31 Å². The molecule has 0 aliphatic carbocycles. The van der Waals surface area contributed by atoms with E-state index in [-0.39, 0.29) is 52.5 Å². The first-order valence-electron chi connectivity index (χ1n) is 12.6. The number of carbonyl (C=O) groups is 1. The van der Waals surface area contributed by atoms with E-state index in [1.165, 1.54) is 59.4 Å². The van der Waals surface area contributed by atoms with E-state index in [1.54, 1.807) is 32.2 Å². The second-order valence-electron chi connectivity index (χ2n) is 9.92. The van der Waals surface area contributed by atoms with Gasteiger partial charge >= 0.3 is 0 Å². The molecule has 216 valence electrons. The highest BCUT2D eigenvalue weighted by atomic mass is 32.2. The van der Waals surface area contributed by atoms with E-state index >= 15 is 0 Å². The SMILES string of the molecule is C[C@H]1CN([C@@H](C)CO)C(=O)c2cc(NS(=O)(=O)c3ccccc3)ccc2O[C@@H]1CN(C)S(=O)(=O)c1cn(C)cn1. The van der Waals surface area contributed by atoms with Gasteiger partial charge in [0.1, 0.15) is 11.9 Å². The van der Waals surface area contributed by atoms with Crippen molar-refractivity contribution in [1.29, 1.82) is 0 Å². The zero-order chi connectivity index (χ0) is 29.2. The number of amides is 1. The third-order valence-corrected chi connectivity index (χ3v) is 9.87. The number of hydrogen-bond acceptors (Lipinski definition) is 8. The fourth-order valence-corrected chi connectivity index (χ4v) is 6.56. The van der Waals surface area contributed by atoms with Crippen LogP contribution in [0.25, 0.3) is 0 Å². The molecule has 0 bridgehead atoms. The van der Waals surface area contributed by atoms with Crippen LogP contribution >= 0.6 is 0 Å². The third-order valence-electron chi connectivity index (χ3n) is 6.76. The van der Waals surface area contributed by atoms with Crippen LogP contribution in [0, 0.1) is 5.92 Å². The number of aromatic nitrogens is 2. The molecule has 0 unspecified atom stereocenters. The molecule has 0 saturated heterocycles. The number of ether oxygens (including phenoxy) is 1. The predicted octanol–water partition coefficient (Wildman–Crippen LogP) is 1.76. The van der Waals surface area contributed by atoms with E-state index in [0.29, 0.717) is 0 Å². The number of nitrogens with zero attached hydrogens (tertiary/aromatic N) is 4. The van der Waals surface area contributed by atoms with Crippen molar-refractivity contribution in [2.24, 2.45) is 13.0 Å². The first-order chi connectivity index (χ1) is 18.8. The van der Waals surface area contributed by atoms with Crippen molar-refractivity contribution in [3.63, 3.8) is 0 Å². The molecule has 14 heteroatoms. The van der Waals surface area contributed by atoms with Gasteiger partial charge in [0, 0.05) is 38.4 Å². The number of sulfonamides is 2. The van der Waals surface area contributed by atoms with Gasteiger partial charge in [-0.25, -0.2) is 21.8 Å². The van der Waals surface area contributed by atoms with E-state index in [2.05, 4.69) is 9.71 Å². The Kier molecular flexibility index (Phi) is 8.54. The number of fused-ring (bicyclic) bond motifs is 1. The first kappa shape index (κ1) is 29.5. The number of anilines is 1. The lowest BCUT2D eigenvalue weighted by Gasteiger charge is -2.38. The highest BCUT2D eigenvalue weighted by Crippen LogP contribution is 2.32. The zero-order valence-electron chi connectivity index (χ0n) is 22.6. The quantitative estimate of drug-likeness (QED) is 0.382. The number of nitrogens with one attached hydrogen (secondary N) is 1. The molecule has 0 radical (unpaired) electrons. The van der Waals surface area contributed by atoms with Crippen LogP contribution in [-0.4, -0.2) is 85.5 Å². The summed E-state index contributed by atoms with van der Waals surface area (Å²) in [5.41, 5.74) is 0.233. The molecule has 2 heterocycles. The molecular weight excluding hydrogens is 558 g/mol. The average Bonchev–Trinajstić information content (AvgIpc) is 3.38. The summed E-state index contributed by atoms with van der Waals surface area (Å²) < 4.78 is 63.4. The Bertz CT molecular complexity index is 1580. The molecular formula is C26H33N5O7S2. The van der Waals surface area contributed by atoms with Gasteiger partial charge in [-0.1, -0.05) is 25.1 Å². The van der Waals surface area contributed by atoms with Crippen molar-refractivity contribution in [2.75, 3.05) is 31.5 Å². The predicted molar refractivity (Wildman–Crippen MR) is 148 cm³/mol. The third kappa shape index (κ3) is 6.14. The van der Waals surface area contributed by atoms with E-state index in [9.17, 15) is 26.7 Å². The highest BCUT2D eigenvalue weighted by Gasteiger charge is 2.36. The number of aliphatic hydroxyl groups excluding tert-OH is 1. The summed E-state index contributed by atoms with van der Waals surface area (Å²) in [7, 11) is -4.73. The molecule has 0 spiro atoms. The van der Waals surface area contributed by atoms with Gasteiger partial charge < -0.3 is 19.3 Å². The second-order valence-corrected chi connectivity index (χ2v) is 13.6. The van der Waals surface area contributed by atoms with Crippen LogP contribution in [0.1, 0.15) is 24.2 Å². The molecule has 2 N–H and O–H groups in total. The maximum Gasteiger partial charge on any atom is 0.261 e. The van der Waals surface area contributed by atoms with Crippen molar-refractivity contribution < 1.29 is 31.5 Å². The number of imidazole rings is 1. The lowest BCUT2D eigenvalue weighted by molar-refractivity contribution is 0.0387. The zero-order valence-corrected chi connectivity index (χ0v) is 24.3. The Morgan fingerprint density at radius 1 is 1.18 bits per heavy atom. The molecule has 2 aromatic carbocycles. The van der Waals surface area contributed by atoms with Crippen molar-refractivity contribution in [2.45, 2.75) is 35.9 Å². The van der Waals surface area contributed by atoms with Crippen LogP contribution in [0.15, 0.2) is 71.0 Å². The van der Waals surface area contributed by atoms with Gasteiger partial charge in [-0.15, -0.1) is 0 Å². The maximum absolute atomic E-state index is 13.6. The van der Waals surface area contributed by atoms with E-state index in [1.807, 2.05) is 6.92 Å². The Balaban J connectivity index is 1.68. The highest BCUT2D eigenvalue weighted by molar-refractivity contribution is 7.92. The molecule has 3 atom stereocenters. The standard InChI is InChI=1S/C26H33N5O7S2/c1-18-13-31(19(2)16-32)26(33)22-12-20(28-39(34,35)21-8-6-5-7-9-21)10-11-23(22)38-24(18)14-30(4)40(36,37)25-15-29(3)17-27-25/h5-12,15,17-19,24,28,32H,13-14,16H2,1-4H3/t18-,19-,24+/m0/s1. The molecule has 1 aliphatic rings. The van der Waals surface area contributed by atoms with Crippen LogP contribution < -0.4 is 9.46 Å². The van der Waals surface area contributed by atoms with Gasteiger partial charge in [0.15, 0.2) is 5.03 Å². The van der Waals surface area contributed by atoms with Gasteiger partial charge in [-0.05, 0) is 37.3 Å². The number of rotatable bonds is 9. The normalized spacial score (nSPS) is 18.9. The number of benzene rings is 2. The van der Waals surface area contributed by atoms with Crippen molar-refractivity contribution in [3.05, 3.63) is 66.6 Å². The first-order valence-corrected chi connectivity index (χ1v) is 15.5. The topological polar surface area (TPSA) is 151 Å². The molecule has 3 aromatic rings. The molecule has 1 amide bonds. The van der Waals surface area contributed by atoms with Gasteiger partial charge in [0.2, 0.25) is 0 Å². The Morgan fingerprint density at radius 2 is 1.88 bits per heavy atom. The van der Waals surface area contributed by atoms with E-state index in [4.69, 9.17) is 4.74 Å². The minimum Gasteiger partial charge on any atom is -0.488 e. The summed E-state index contributed by atoms with van der Waals surface area (Å²) in [6, 6.07) is 11.6. The number of aryl methyl sites for hydroxylation is 1. The van der Waals surface area contributed by atoms with Crippen LogP contribution in [0.3, 0.4) is 0 Å². The van der Waals surface area contributed by atoms with Crippen molar-refractivity contribution in [1.82, 2.24) is 18.8 Å². The fraction of sp³-hybridized carbons (Fsp3) is 0.385. The number of likely N-dealkylation sites (N-methyl/N-ethyl adjacent to an activating group) is 1. The van der Waals surface area contributed by atoms with Crippen LogP contribution in [-0.2, 0) is 27.1 Å². The molecule has 4 rings (SSSR count). The van der Waals surface area contributed by atoms with Crippen molar-refractivity contribution >= 4 is 31.6 Å². The molecule has 0 saturated carbocycles. The van der Waals surface area contributed by atoms with Crippen LogP contribution in [0.2, 0.25) is 0 Å². The number of carbonyl (C=O) groups excluding carboxylic acids is 1. The molecule has 12 nitrogen and oxygen atoms in total. The van der Waals surface area contributed by atoms with E-state index < -0.39 is 38.1 Å². The van der Waals surface area contributed by atoms with Gasteiger partial charge in [-0.2, -0.15) is 4.31 Å². The summed E-state index contributed by atoms with van der Waals surface area (Å²) in [4.78, 5) is 19.2. The summed E-state index contributed by atoms with van der Waals surface area (Å²) >= 11 is 0. The second kappa shape index (κ2) is 11.6. The Morgan fingerprint density at radius 3 is 2.50 bits per heavy atom. The van der Waals surface area contributed by atoms with Gasteiger partial charge in [-0.3, -0.25) is 9.52 Å². The largest absolute Gasteiger partial charge is 0.488 e. The maximum atomic E-state index is 13.6. The molecule has 40 heavy (non-hydrogen) atoms. The van der Waals surface area contributed by atoms with Crippen LogP contribution in [0.4, 0.5) is 5.69 Å². The molecule has 0 fully saturated rings. The summed E-state index contributed by atoms with van der Waals surface area (Å²) in [5, 5.41) is 9.77. The summed E-state index contributed by atoms with van der Waals surface area (Å²) in [6.07, 6.45) is 2.12. The number of aliphatic hydroxyl groups is 1. The minimum atomic E-state index is -3.92. The summed E-state index contributed by atoms with van der Waals surface area (Å²) in [5.74, 6) is -0.608. The van der Waals surface area contributed by atoms with Gasteiger partial charge in [0.25, 0.3) is 26.0 Å². The fourth-order valence-electron chi connectivity index (χ4n) is 4.35. The smallest absolute Gasteiger partial charge is 0.261 e. The molecule has 1 aliphatic heterocycles. The average molecular weight is 592 g/mol. The van der Waals surface area contributed by atoms with Gasteiger partial charge in [0.05, 0.1) is 36.0 Å². The monoisotopic (exact) mass is 591 g/mol. The van der Waals surface area contributed by atoms with Crippen LogP contribution in [0.5, 0.6) is 5.75 Å². The Labute approximate surface area is 234 Å². The lowest BCUT2D eigenvalue weighted by atomic mass is 9.99. The Hall–Kier alpha value is -3.46. The minimum absolute atomic E-state index is 0.0442. The number of hydrogen-bond donors (Lipinski definition) is 2. The molecule has 1 aromatic heterocycles. The summed E-state index contributed by atoms with van der Waals surface area (Å²) in [6.45, 7) is 3.36.